The Labute approximate surface area is 90.5 Å². The van der Waals surface area contributed by atoms with Gasteiger partial charge in [-0.25, -0.2) is 0 Å². The highest BCUT2D eigenvalue weighted by Gasteiger charge is 2.11. The molecule has 0 radical (unpaired) electrons. The molecule has 0 heterocycles. The fourth-order valence-corrected chi connectivity index (χ4v) is 1.06. The Morgan fingerprint density at radius 1 is 1.31 bits per heavy atom. The van der Waals surface area contributed by atoms with Gasteiger partial charge in [0.05, 0.1) is 5.56 Å². The van der Waals surface area contributed by atoms with E-state index in [0.717, 1.165) is 18.2 Å². The number of rotatable bonds is 2. The smallest absolute Gasteiger partial charge is 0.259 e. The zero-order valence-corrected chi connectivity index (χ0v) is 8.01. The van der Waals surface area contributed by atoms with E-state index in [1.54, 1.807) is 0 Å². The number of amides is 1. The molecule has 0 spiro atoms. The maximum Gasteiger partial charge on any atom is 0.259 e. The molecule has 0 unspecified atom stereocenters. The van der Waals surface area contributed by atoms with E-state index in [-0.39, 0.29) is 11.3 Å². The Morgan fingerprint density at radius 3 is 2.19 bits per heavy atom. The lowest BCUT2D eigenvalue weighted by Crippen LogP contribution is -2.12. The summed E-state index contributed by atoms with van der Waals surface area (Å²) in [5.41, 5.74) is 4.30. The summed E-state index contributed by atoms with van der Waals surface area (Å²) >= 11 is 0. The van der Waals surface area contributed by atoms with Gasteiger partial charge in [0.15, 0.2) is 0 Å². The molecule has 0 saturated heterocycles. The SMILES string of the molecule is N#C/C(=C\c1c(O)cc(O)cc1O)C(N)=O. The highest BCUT2D eigenvalue weighted by atomic mass is 16.3. The van der Waals surface area contributed by atoms with Crippen molar-refractivity contribution in [3.8, 4) is 23.3 Å². The molecular weight excluding hydrogens is 212 g/mol. The monoisotopic (exact) mass is 220 g/mol. The van der Waals surface area contributed by atoms with Gasteiger partial charge in [0.2, 0.25) is 0 Å². The quantitative estimate of drug-likeness (QED) is 0.418. The van der Waals surface area contributed by atoms with Gasteiger partial charge in [-0.3, -0.25) is 4.79 Å². The summed E-state index contributed by atoms with van der Waals surface area (Å²) in [5, 5.41) is 36.3. The topological polar surface area (TPSA) is 128 Å². The molecule has 5 N–H and O–H groups in total. The van der Waals surface area contributed by atoms with Crippen LogP contribution in [0.4, 0.5) is 0 Å². The first-order chi connectivity index (χ1) is 7.45. The lowest BCUT2D eigenvalue weighted by molar-refractivity contribution is -0.114. The molecule has 6 heteroatoms. The fraction of sp³-hybridized carbons (Fsp3) is 0. The van der Waals surface area contributed by atoms with Crippen molar-refractivity contribution >= 4 is 12.0 Å². The maximum absolute atomic E-state index is 10.7. The van der Waals surface area contributed by atoms with Crippen molar-refractivity contribution in [2.45, 2.75) is 0 Å². The molecule has 0 bridgehead atoms. The van der Waals surface area contributed by atoms with Crippen molar-refractivity contribution < 1.29 is 20.1 Å². The van der Waals surface area contributed by atoms with Gasteiger partial charge in [-0.1, -0.05) is 0 Å². The summed E-state index contributed by atoms with van der Waals surface area (Å²) in [6.07, 6.45) is 0.937. The normalized spacial score (nSPS) is 10.8. The molecular formula is C10H8N2O4. The Hall–Kier alpha value is -2.68. The molecule has 0 saturated carbocycles. The molecule has 0 aliphatic rings. The highest BCUT2D eigenvalue weighted by Crippen LogP contribution is 2.33. The third kappa shape index (κ3) is 2.22. The number of aromatic hydroxyl groups is 3. The van der Waals surface area contributed by atoms with Crippen LogP contribution >= 0.6 is 0 Å². The third-order valence-electron chi connectivity index (χ3n) is 1.80. The van der Waals surface area contributed by atoms with Crippen molar-refractivity contribution in [1.29, 1.82) is 5.26 Å². The van der Waals surface area contributed by atoms with Crippen LogP contribution in [-0.2, 0) is 4.79 Å². The molecule has 1 amide bonds. The molecule has 16 heavy (non-hydrogen) atoms. The summed E-state index contributed by atoms with van der Waals surface area (Å²) < 4.78 is 0. The predicted molar refractivity (Wildman–Crippen MR) is 54.2 cm³/mol. The van der Waals surface area contributed by atoms with E-state index in [2.05, 4.69) is 0 Å². The molecule has 0 aliphatic carbocycles. The van der Waals surface area contributed by atoms with E-state index < -0.39 is 23.0 Å². The maximum atomic E-state index is 10.7. The summed E-state index contributed by atoms with van der Waals surface area (Å²) in [7, 11) is 0. The van der Waals surface area contributed by atoms with Crippen molar-refractivity contribution in [3.63, 3.8) is 0 Å². The minimum absolute atomic E-state index is 0.159. The Kier molecular flexibility index (Phi) is 3.01. The first-order valence-corrected chi connectivity index (χ1v) is 4.12. The average Bonchev–Trinajstić information content (AvgIpc) is 2.15. The second-order valence-corrected chi connectivity index (χ2v) is 2.93. The van der Waals surface area contributed by atoms with Crippen LogP contribution < -0.4 is 5.73 Å². The minimum Gasteiger partial charge on any atom is -0.508 e. The number of nitrogens with two attached hydrogens (primary N) is 1. The number of benzene rings is 1. The number of phenols is 3. The molecule has 1 aromatic rings. The standard InChI is InChI=1S/C10H8N2O4/c11-4-5(10(12)16)1-7-8(14)2-6(13)3-9(7)15/h1-3,13-15H,(H2,12,16)/b5-1+. The number of nitriles is 1. The van der Waals surface area contributed by atoms with E-state index in [4.69, 9.17) is 16.1 Å². The van der Waals surface area contributed by atoms with Crippen LogP contribution in [0.5, 0.6) is 17.2 Å². The van der Waals surface area contributed by atoms with E-state index in [9.17, 15) is 15.0 Å². The molecule has 82 valence electrons. The van der Waals surface area contributed by atoms with Crippen molar-refractivity contribution in [1.82, 2.24) is 0 Å². The molecule has 1 rings (SSSR count). The lowest BCUT2D eigenvalue weighted by atomic mass is 10.1. The molecule has 0 aliphatic heterocycles. The molecule has 0 atom stereocenters. The highest BCUT2D eigenvalue weighted by molar-refractivity contribution is 6.01. The number of carbonyl (C=O) groups is 1. The van der Waals surface area contributed by atoms with Crippen LogP contribution in [0.15, 0.2) is 17.7 Å². The average molecular weight is 220 g/mol. The summed E-state index contributed by atoms with van der Waals surface area (Å²) in [5.74, 6) is -2.25. The summed E-state index contributed by atoms with van der Waals surface area (Å²) in [6, 6.07) is 3.44. The number of hydrogen-bond acceptors (Lipinski definition) is 5. The van der Waals surface area contributed by atoms with Gasteiger partial charge in [-0.2, -0.15) is 5.26 Å². The van der Waals surface area contributed by atoms with Crippen molar-refractivity contribution in [3.05, 3.63) is 23.3 Å². The first kappa shape index (κ1) is 11.4. The van der Waals surface area contributed by atoms with Crippen molar-refractivity contribution in [2.24, 2.45) is 5.73 Å². The van der Waals surface area contributed by atoms with Gasteiger partial charge < -0.3 is 21.1 Å². The number of hydrogen-bond donors (Lipinski definition) is 4. The molecule has 0 aromatic heterocycles. The zero-order valence-electron chi connectivity index (χ0n) is 8.01. The van der Waals surface area contributed by atoms with Crippen LogP contribution in [-0.4, -0.2) is 21.2 Å². The molecule has 6 nitrogen and oxygen atoms in total. The van der Waals surface area contributed by atoms with Crippen LogP contribution in [0.25, 0.3) is 6.08 Å². The third-order valence-corrected chi connectivity index (χ3v) is 1.80. The summed E-state index contributed by atoms with van der Waals surface area (Å²) in [4.78, 5) is 10.7. The van der Waals surface area contributed by atoms with Gasteiger partial charge in [0.25, 0.3) is 5.91 Å². The van der Waals surface area contributed by atoms with Crippen LogP contribution in [0.1, 0.15) is 5.56 Å². The number of phenolic OH excluding ortho intramolecular Hbond substituents is 3. The van der Waals surface area contributed by atoms with Gasteiger partial charge >= 0.3 is 0 Å². The van der Waals surface area contributed by atoms with E-state index in [1.165, 1.54) is 6.07 Å². The van der Waals surface area contributed by atoms with E-state index in [0.29, 0.717) is 0 Å². The van der Waals surface area contributed by atoms with Gasteiger partial charge in [-0.15, -0.1) is 0 Å². The Balaban J connectivity index is 3.36. The first-order valence-electron chi connectivity index (χ1n) is 4.12. The Bertz CT molecular complexity index is 491. The van der Waals surface area contributed by atoms with Gasteiger partial charge in [0, 0.05) is 12.1 Å². The van der Waals surface area contributed by atoms with Gasteiger partial charge in [0.1, 0.15) is 28.9 Å². The van der Waals surface area contributed by atoms with E-state index >= 15 is 0 Å². The van der Waals surface area contributed by atoms with Crippen LogP contribution in [0, 0.1) is 11.3 Å². The predicted octanol–water partition coefficient (Wildman–Crippen LogP) is 0.196. The lowest BCUT2D eigenvalue weighted by Gasteiger charge is -2.03. The fourth-order valence-electron chi connectivity index (χ4n) is 1.06. The summed E-state index contributed by atoms with van der Waals surface area (Å²) in [6.45, 7) is 0. The second kappa shape index (κ2) is 4.23. The largest absolute Gasteiger partial charge is 0.508 e. The number of primary amides is 1. The minimum atomic E-state index is -0.977. The van der Waals surface area contributed by atoms with E-state index in [1.807, 2.05) is 0 Å². The zero-order chi connectivity index (χ0) is 12.3. The van der Waals surface area contributed by atoms with Crippen LogP contribution in [0.3, 0.4) is 0 Å². The van der Waals surface area contributed by atoms with Crippen LogP contribution in [0.2, 0.25) is 0 Å². The second-order valence-electron chi connectivity index (χ2n) is 2.93. The molecule has 1 aromatic carbocycles. The number of nitrogens with zero attached hydrogens (tertiary/aromatic N) is 1. The Morgan fingerprint density at radius 2 is 1.81 bits per heavy atom. The van der Waals surface area contributed by atoms with Gasteiger partial charge in [-0.05, 0) is 6.08 Å². The molecule has 0 fully saturated rings. The van der Waals surface area contributed by atoms with Crippen molar-refractivity contribution in [2.75, 3.05) is 0 Å². The number of carbonyl (C=O) groups excluding carboxylic acids is 1.